The number of likely N-dealkylation sites (tertiary alicyclic amines) is 2. The van der Waals surface area contributed by atoms with Crippen molar-refractivity contribution in [1.82, 2.24) is 0 Å². The molecule has 2 aromatic carbocycles. The van der Waals surface area contributed by atoms with E-state index in [-0.39, 0.29) is 36.8 Å². The van der Waals surface area contributed by atoms with Crippen LogP contribution in [0.25, 0.3) is 0 Å². The van der Waals surface area contributed by atoms with Gasteiger partial charge < -0.3 is 29.9 Å². The summed E-state index contributed by atoms with van der Waals surface area (Å²) in [5.74, 6) is 0.845. The molecule has 4 rings (SSSR count). The number of piperidine rings is 2. The van der Waals surface area contributed by atoms with Crippen LogP contribution in [-0.4, -0.2) is 95.9 Å². The average Bonchev–Trinajstić information content (AvgIpc) is 3.04. The van der Waals surface area contributed by atoms with Gasteiger partial charge in [-0.05, 0) is 92.2 Å². The predicted octanol–water partition coefficient (Wildman–Crippen LogP) is 3.42. The fourth-order valence-corrected chi connectivity index (χ4v) is 6.42. The summed E-state index contributed by atoms with van der Waals surface area (Å²) in [7, 11) is 0. The Morgan fingerprint density at radius 3 is 1.28 bits per heavy atom. The largest absolute Gasteiger partial charge is 0.858 e. The summed E-state index contributed by atoms with van der Waals surface area (Å²) in [6, 6.07) is 15.7. The Kier molecular flexibility index (Phi) is 13.5. The maximum absolute atomic E-state index is 12.4. The van der Waals surface area contributed by atoms with E-state index in [9.17, 15) is 20.4 Å². The van der Waals surface area contributed by atoms with Gasteiger partial charge in [0.1, 0.15) is 76.2 Å². The molecule has 10 heteroatoms. The highest BCUT2D eigenvalue weighted by Crippen LogP contribution is 2.24. The minimum Gasteiger partial charge on any atom is -0.858 e. The molecule has 2 aliphatic heterocycles. The number of quaternary nitrogens is 2. The summed E-state index contributed by atoms with van der Waals surface area (Å²) in [4.78, 5) is 0. The van der Waals surface area contributed by atoms with Gasteiger partial charge in [0.25, 0.3) is 0 Å². The Balaban J connectivity index is 1.23. The van der Waals surface area contributed by atoms with E-state index in [4.69, 9.17) is 9.47 Å². The van der Waals surface area contributed by atoms with Crippen molar-refractivity contribution in [3.63, 3.8) is 0 Å². The maximum atomic E-state index is 12.4. The highest BCUT2D eigenvalue weighted by molar-refractivity contribution is 5.73. The molecule has 0 spiro atoms. The predicted molar refractivity (Wildman–Crippen MR) is 181 cm³/mol. The van der Waals surface area contributed by atoms with Crippen LogP contribution in [0.15, 0.2) is 58.7 Å². The van der Waals surface area contributed by atoms with Gasteiger partial charge in [-0.2, -0.15) is 9.18 Å². The van der Waals surface area contributed by atoms with Crippen molar-refractivity contribution in [2.24, 2.45) is 22.0 Å². The second-order valence-electron chi connectivity index (χ2n) is 14.2. The van der Waals surface area contributed by atoms with E-state index in [1.54, 1.807) is 0 Å². The summed E-state index contributed by atoms with van der Waals surface area (Å²) in [5, 5.41) is 55.5. The third-order valence-corrected chi connectivity index (χ3v) is 9.15. The van der Waals surface area contributed by atoms with E-state index in [0.717, 1.165) is 82.3 Å². The van der Waals surface area contributed by atoms with Gasteiger partial charge in [-0.3, -0.25) is 0 Å². The number of hydrogen-bond acceptors (Lipinski definition) is 8. The van der Waals surface area contributed by atoms with Crippen LogP contribution in [0, 0.1) is 11.8 Å². The number of benzene rings is 2. The first-order valence-corrected chi connectivity index (χ1v) is 17.5. The van der Waals surface area contributed by atoms with E-state index >= 15 is 0 Å². The zero-order valence-corrected chi connectivity index (χ0v) is 28.9. The quantitative estimate of drug-likeness (QED) is 0.163. The smallest absolute Gasteiger partial charge is 0.139 e. The number of hydrogen-bond donors (Lipinski definition) is 2. The van der Waals surface area contributed by atoms with Gasteiger partial charge in [0.05, 0.1) is 0 Å². The van der Waals surface area contributed by atoms with Crippen LogP contribution in [-0.2, 0) is 6.42 Å². The Morgan fingerprint density at radius 1 is 0.617 bits per heavy atom. The molecular formula is C37H56N4O6. The van der Waals surface area contributed by atoms with Gasteiger partial charge >= 0.3 is 0 Å². The van der Waals surface area contributed by atoms with Crippen LogP contribution in [0.3, 0.4) is 0 Å². The Hall–Kier alpha value is -3.18. The third-order valence-electron chi connectivity index (χ3n) is 9.15. The lowest BCUT2D eigenvalue weighted by atomic mass is 10.0. The molecule has 2 atom stereocenters. The zero-order chi connectivity index (χ0) is 33.9. The summed E-state index contributed by atoms with van der Waals surface area (Å²) < 4.78 is 12.4. The van der Waals surface area contributed by atoms with Crippen molar-refractivity contribution in [3.8, 4) is 11.5 Å². The lowest BCUT2D eigenvalue weighted by Gasteiger charge is -2.38. The van der Waals surface area contributed by atoms with Gasteiger partial charge in [0.15, 0.2) is 0 Å². The molecule has 0 bridgehead atoms. The van der Waals surface area contributed by atoms with Crippen LogP contribution in [0.4, 0.5) is 0 Å². The number of aliphatic hydroxyl groups is 2. The SMILES string of the molecule is CC(C)/C([O-])=N/[N+]1(CC(O)COc2ccc(Cc3ccc(OCC(O)C[N+]4(/N=C(\[O-])C(C)C)CCCCC4)cc3)cc2)CCCCC1. The van der Waals surface area contributed by atoms with E-state index in [1.165, 1.54) is 0 Å². The molecular weight excluding hydrogens is 596 g/mol. The number of rotatable bonds is 16. The lowest BCUT2D eigenvalue weighted by molar-refractivity contribution is -0.942. The molecule has 0 aromatic heterocycles. The normalized spacial score (nSPS) is 19.8. The average molecular weight is 653 g/mol. The molecule has 47 heavy (non-hydrogen) atoms. The first-order chi connectivity index (χ1) is 22.5. The van der Waals surface area contributed by atoms with E-state index < -0.39 is 12.2 Å². The van der Waals surface area contributed by atoms with E-state index in [2.05, 4.69) is 10.2 Å². The monoisotopic (exact) mass is 652 g/mol. The Morgan fingerprint density at radius 2 is 0.957 bits per heavy atom. The number of nitrogens with zero attached hydrogens (tertiary/aromatic N) is 4. The second kappa shape index (κ2) is 17.3. The topological polar surface area (TPSA) is 130 Å². The van der Waals surface area contributed by atoms with E-state index in [1.807, 2.05) is 76.2 Å². The molecule has 2 aromatic rings. The first kappa shape index (κ1) is 36.7. The van der Waals surface area contributed by atoms with Crippen LogP contribution < -0.4 is 19.7 Å². The summed E-state index contributed by atoms with van der Waals surface area (Å²) in [6.07, 6.45) is 5.56. The minimum absolute atomic E-state index is 0.109. The van der Waals surface area contributed by atoms with Crippen LogP contribution in [0.2, 0.25) is 0 Å². The molecule has 2 saturated heterocycles. The highest BCUT2D eigenvalue weighted by atomic mass is 16.5. The zero-order valence-electron chi connectivity index (χ0n) is 28.9. The molecule has 0 aliphatic carbocycles. The van der Waals surface area contributed by atoms with Crippen molar-refractivity contribution < 1.29 is 39.1 Å². The second-order valence-corrected chi connectivity index (χ2v) is 14.2. The molecule has 2 fully saturated rings. The fourth-order valence-electron chi connectivity index (χ4n) is 6.42. The highest BCUT2D eigenvalue weighted by Gasteiger charge is 2.34. The van der Waals surface area contributed by atoms with Crippen LogP contribution in [0.1, 0.15) is 77.3 Å². The number of aliphatic hydroxyl groups excluding tert-OH is 2. The summed E-state index contributed by atoms with van der Waals surface area (Å²) >= 11 is 0. The summed E-state index contributed by atoms with van der Waals surface area (Å²) in [5.41, 5.74) is 2.25. The Bertz CT molecular complexity index is 1180. The van der Waals surface area contributed by atoms with Crippen molar-refractivity contribution in [2.45, 2.75) is 84.8 Å². The first-order valence-electron chi connectivity index (χ1n) is 17.5. The van der Waals surface area contributed by atoms with Gasteiger partial charge in [-0.15, -0.1) is 10.2 Å². The van der Waals surface area contributed by atoms with Crippen molar-refractivity contribution in [1.29, 1.82) is 0 Å². The minimum atomic E-state index is -0.727. The van der Waals surface area contributed by atoms with Crippen LogP contribution in [0.5, 0.6) is 11.5 Å². The maximum Gasteiger partial charge on any atom is 0.139 e. The molecule has 2 unspecified atom stereocenters. The van der Waals surface area contributed by atoms with Crippen LogP contribution >= 0.6 is 0 Å². The summed E-state index contributed by atoms with van der Waals surface area (Å²) in [6.45, 7) is 11.6. The van der Waals surface area contributed by atoms with Crippen molar-refractivity contribution in [3.05, 3.63) is 59.7 Å². The molecule has 10 nitrogen and oxygen atoms in total. The standard InChI is InChI=1S/C37H56N4O6/c1-28(2)36(44)38-40(19-7-5-8-20-40)24-32(42)26-46-34-15-11-30(12-16-34)23-31-13-17-35(18-14-31)47-27-33(43)25-41(21-9-6-10-22-41)39-37(45)29(3)4/h11-18,28-29,32-33,42-43H,5-10,19-27H2,1-4H3. The van der Waals surface area contributed by atoms with E-state index in [0.29, 0.717) is 33.8 Å². The fraction of sp³-hybridized carbons (Fsp3) is 0.622. The molecule has 2 N–H and O–H groups in total. The van der Waals surface area contributed by atoms with Gasteiger partial charge in [-0.1, -0.05) is 52.0 Å². The third kappa shape index (κ3) is 11.5. The molecule has 0 radical (unpaired) electrons. The van der Waals surface area contributed by atoms with Gasteiger partial charge in [0.2, 0.25) is 0 Å². The molecule has 2 aliphatic rings. The Labute approximate surface area is 281 Å². The molecule has 0 amide bonds. The van der Waals surface area contributed by atoms with Crippen molar-refractivity contribution >= 4 is 11.8 Å². The van der Waals surface area contributed by atoms with Gasteiger partial charge in [0, 0.05) is 11.8 Å². The lowest BCUT2D eigenvalue weighted by Crippen LogP contribution is -2.53. The van der Waals surface area contributed by atoms with Gasteiger partial charge in [-0.25, -0.2) is 0 Å². The van der Waals surface area contributed by atoms with Crippen molar-refractivity contribution in [2.75, 3.05) is 52.5 Å². The molecule has 260 valence electrons. The molecule has 2 heterocycles. The molecule has 0 saturated carbocycles. The number of ether oxygens (including phenoxy) is 2.